The first-order chi connectivity index (χ1) is 14.9. The lowest BCUT2D eigenvalue weighted by Crippen LogP contribution is -2.24. The molecule has 2 rings (SSSR count). The van der Waals surface area contributed by atoms with Crippen molar-refractivity contribution >= 4 is 18.0 Å². The number of hydrogen-bond donors (Lipinski definition) is 1. The van der Waals surface area contributed by atoms with Gasteiger partial charge in [-0.3, -0.25) is 4.79 Å². The number of amides is 1. The van der Waals surface area contributed by atoms with Crippen LogP contribution < -0.4 is 19.5 Å². The van der Waals surface area contributed by atoms with Crippen molar-refractivity contribution < 1.29 is 23.8 Å². The number of carbonyl (C=O) groups excluding carboxylic acids is 2. The van der Waals surface area contributed by atoms with Crippen LogP contribution in [0.15, 0.2) is 54.6 Å². The number of ether oxygens (including phenoxy) is 3. The number of methoxy groups -OCH3 is 1. The highest BCUT2D eigenvalue weighted by molar-refractivity contribution is 6.01. The number of carbonyl (C=O) groups is 2. The van der Waals surface area contributed by atoms with Gasteiger partial charge in [0.2, 0.25) is 0 Å². The van der Waals surface area contributed by atoms with Crippen LogP contribution in [0.4, 0.5) is 0 Å². The third-order valence-corrected chi connectivity index (χ3v) is 4.33. The fraction of sp³-hybridized carbons (Fsp3) is 0.208. The highest BCUT2D eigenvalue weighted by Gasteiger charge is 2.13. The van der Waals surface area contributed by atoms with Crippen molar-refractivity contribution in [3.8, 4) is 23.3 Å². The van der Waals surface area contributed by atoms with Gasteiger partial charge in [-0.25, -0.2) is 4.79 Å². The number of benzene rings is 2. The van der Waals surface area contributed by atoms with Crippen LogP contribution in [-0.2, 0) is 9.59 Å². The summed E-state index contributed by atoms with van der Waals surface area (Å²) in [5, 5.41) is 11.8. The summed E-state index contributed by atoms with van der Waals surface area (Å²) in [6.07, 6.45) is 2.93. The Labute approximate surface area is 181 Å². The van der Waals surface area contributed by atoms with Gasteiger partial charge in [0, 0.05) is 6.54 Å². The van der Waals surface area contributed by atoms with Crippen LogP contribution in [0.25, 0.3) is 6.08 Å². The zero-order valence-electron chi connectivity index (χ0n) is 17.7. The predicted molar refractivity (Wildman–Crippen MR) is 117 cm³/mol. The molecule has 0 heterocycles. The van der Waals surface area contributed by atoms with E-state index in [9.17, 15) is 14.9 Å². The zero-order chi connectivity index (χ0) is 22.8. The molecule has 1 N–H and O–H groups in total. The molecule has 160 valence electrons. The van der Waals surface area contributed by atoms with Crippen molar-refractivity contribution in [3.05, 3.63) is 71.3 Å². The maximum absolute atomic E-state index is 12.2. The molecule has 0 aliphatic rings. The summed E-state index contributed by atoms with van der Waals surface area (Å²) >= 11 is 0. The molecule has 0 aliphatic heterocycles. The molecule has 0 spiro atoms. The van der Waals surface area contributed by atoms with Gasteiger partial charge in [-0.05, 0) is 60.9 Å². The Morgan fingerprint density at radius 2 is 1.90 bits per heavy atom. The quantitative estimate of drug-likeness (QED) is 0.219. The lowest BCUT2D eigenvalue weighted by molar-refractivity contribution is -0.136. The van der Waals surface area contributed by atoms with Crippen LogP contribution in [0.5, 0.6) is 17.2 Å². The summed E-state index contributed by atoms with van der Waals surface area (Å²) in [4.78, 5) is 24.2. The van der Waals surface area contributed by atoms with E-state index in [0.717, 1.165) is 11.1 Å². The van der Waals surface area contributed by atoms with E-state index < -0.39 is 11.9 Å². The third-order valence-electron chi connectivity index (χ3n) is 4.33. The van der Waals surface area contributed by atoms with Crippen LogP contribution in [0.3, 0.4) is 0 Å². The molecule has 0 aromatic heterocycles. The van der Waals surface area contributed by atoms with Gasteiger partial charge < -0.3 is 19.5 Å². The molecule has 0 bridgehead atoms. The average molecular weight is 420 g/mol. The van der Waals surface area contributed by atoms with Crippen molar-refractivity contribution in [1.82, 2.24) is 5.32 Å². The Balaban J connectivity index is 2.08. The van der Waals surface area contributed by atoms with Crippen molar-refractivity contribution in [3.63, 3.8) is 0 Å². The molecule has 0 aliphatic carbocycles. The molecule has 2 aromatic rings. The minimum Gasteiger partial charge on any atom is -0.493 e. The molecular weight excluding hydrogens is 396 g/mol. The molecule has 0 fully saturated rings. The van der Waals surface area contributed by atoms with E-state index in [1.807, 2.05) is 32.0 Å². The Hall–Kier alpha value is -4.05. The molecular formula is C24H24N2O5. The number of rotatable bonds is 9. The van der Waals surface area contributed by atoms with Gasteiger partial charge in [-0.1, -0.05) is 18.2 Å². The number of nitriles is 1. The molecule has 7 heteroatoms. The van der Waals surface area contributed by atoms with Crippen molar-refractivity contribution in [2.24, 2.45) is 0 Å². The number of aryl methyl sites for hydroxylation is 2. The molecule has 2 aromatic carbocycles. The summed E-state index contributed by atoms with van der Waals surface area (Å²) in [5.41, 5.74) is 2.65. The van der Waals surface area contributed by atoms with E-state index in [0.29, 0.717) is 11.3 Å². The molecule has 0 saturated heterocycles. The molecule has 0 atom stereocenters. The third kappa shape index (κ3) is 6.75. The maximum Gasteiger partial charge on any atom is 0.349 e. The first-order valence-electron chi connectivity index (χ1n) is 9.47. The van der Waals surface area contributed by atoms with Crippen LogP contribution >= 0.6 is 0 Å². The van der Waals surface area contributed by atoms with Gasteiger partial charge in [0.25, 0.3) is 5.91 Å². The highest BCUT2D eigenvalue weighted by atomic mass is 16.6. The summed E-state index contributed by atoms with van der Waals surface area (Å²) in [6.45, 7) is 7.45. The topological polar surface area (TPSA) is 97.7 Å². The number of nitrogens with one attached hydrogen (secondary N) is 1. The molecule has 0 unspecified atom stereocenters. The fourth-order valence-corrected chi connectivity index (χ4v) is 2.53. The molecule has 1 amide bonds. The monoisotopic (exact) mass is 420 g/mol. The van der Waals surface area contributed by atoms with Crippen LogP contribution in [0, 0.1) is 25.2 Å². The minimum absolute atomic E-state index is 0.0737. The van der Waals surface area contributed by atoms with Crippen molar-refractivity contribution in [2.45, 2.75) is 13.8 Å². The van der Waals surface area contributed by atoms with E-state index in [1.165, 1.54) is 25.3 Å². The fourth-order valence-electron chi connectivity index (χ4n) is 2.53. The van der Waals surface area contributed by atoms with E-state index >= 15 is 0 Å². The number of hydrogen-bond acceptors (Lipinski definition) is 6. The lowest BCUT2D eigenvalue weighted by Gasteiger charge is -2.11. The second-order valence-electron chi connectivity index (χ2n) is 6.59. The molecule has 0 radical (unpaired) electrons. The normalized spacial score (nSPS) is 10.6. The molecule has 0 saturated carbocycles. The summed E-state index contributed by atoms with van der Waals surface area (Å²) < 4.78 is 16.1. The van der Waals surface area contributed by atoms with Gasteiger partial charge in [-0.2, -0.15) is 5.26 Å². The molecule has 7 nitrogen and oxygen atoms in total. The standard InChI is InChI=1S/C24H24N2O5/c1-5-10-26-24(28)19(14-25)12-18-7-9-21(22(13-18)29-4)31-23(27)15-30-20-8-6-16(2)17(3)11-20/h5-9,11-13H,1,10,15H2,2-4H3,(H,26,28). The summed E-state index contributed by atoms with van der Waals surface area (Å²) in [7, 11) is 1.42. The SMILES string of the molecule is C=CCNC(=O)C(C#N)=Cc1ccc(OC(=O)COc2ccc(C)c(C)c2)c(OC)c1. The average Bonchev–Trinajstić information content (AvgIpc) is 2.77. The Morgan fingerprint density at radius 3 is 2.55 bits per heavy atom. The van der Waals surface area contributed by atoms with E-state index in [2.05, 4.69) is 11.9 Å². The first kappa shape index (κ1) is 23.2. The Morgan fingerprint density at radius 1 is 1.13 bits per heavy atom. The van der Waals surface area contributed by atoms with Gasteiger partial charge in [-0.15, -0.1) is 6.58 Å². The Bertz CT molecular complexity index is 1050. The number of esters is 1. The van der Waals surface area contributed by atoms with Crippen LogP contribution in [-0.4, -0.2) is 32.1 Å². The zero-order valence-corrected chi connectivity index (χ0v) is 17.7. The van der Waals surface area contributed by atoms with Crippen molar-refractivity contribution in [1.29, 1.82) is 5.26 Å². The maximum atomic E-state index is 12.2. The lowest BCUT2D eigenvalue weighted by atomic mass is 10.1. The van der Waals surface area contributed by atoms with Crippen LogP contribution in [0.2, 0.25) is 0 Å². The first-order valence-corrected chi connectivity index (χ1v) is 9.47. The second-order valence-corrected chi connectivity index (χ2v) is 6.59. The van der Waals surface area contributed by atoms with Gasteiger partial charge >= 0.3 is 5.97 Å². The van der Waals surface area contributed by atoms with E-state index in [4.69, 9.17) is 14.2 Å². The molecule has 31 heavy (non-hydrogen) atoms. The number of nitrogens with zero attached hydrogens (tertiary/aromatic N) is 1. The van der Waals surface area contributed by atoms with Crippen molar-refractivity contribution in [2.75, 3.05) is 20.3 Å². The minimum atomic E-state index is -0.596. The summed E-state index contributed by atoms with van der Waals surface area (Å²) in [5.74, 6) is -0.0620. The predicted octanol–water partition coefficient (Wildman–Crippen LogP) is 3.51. The second kappa shape index (κ2) is 11.2. The van der Waals surface area contributed by atoms with Gasteiger partial charge in [0.05, 0.1) is 7.11 Å². The highest BCUT2D eigenvalue weighted by Crippen LogP contribution is 2.29. The van der Waals surface area contributed by atoms with E-state index in [1.54, 1.807) is 18.2 Å². The van der Waals surface area contributed by atoms with Gasteiger partial charge in [0.1, 0.15) is 17.4 Å². The largest absolute Gasteiger partial charge is 0.493 e. The summed E-state index contributed by atoms with van der Waals surface area (Å²) in [6, 6.07) is 12.1. The smallest absolute Gasteiger partial charge is 0.349 e. The van der Waals surface area contributed by atoms with Gasteiger partial charge in [0.15, 0.2) is 18.1 Å². The van der Waals surface area contributed by atoms with Crippen LogP contribution in [0.1, 0.15) is 16.7 Å². The van der Waals surface area contributed by atoms with E-state index in [-0.39, 0.29) is 30.2 Å². The Kier molecular flexibility index (Phi) is 8.41.